The lowest BCUT2D eigenvalue weighted by atomic mass is 9.70. The standard InChI is InChI=1S/C82H56O53/c83-26-1-16(2-27(84)47(26)95)69(109)127-62-38-14-122-72(112)19-7-32(89)50(98)56(104)41(19)42-20(8-33(90)51(99)57(42)105)74(114)129-65(62)68(80(125-38)134-71(111)18-5-30(87)49(97)31(88)6-18)132-78(118)25-11-35(92)53(101)60(108)61(25)124-37-12-23-44(59(107)55(37)103)43-21(9-34(91)52(100)58(43)106)75(115)130-66-63-39(15-123-73(23)113)126-79(133-70(110)17-3-28(85)48(96)29(86)4-17)67(66)131-76(116)22-10-36(93)54(102)64-45(22)46-24(77(117)128-63)13-40(94)82(121,135-64)81(46,119)120/h1-13,38-39,46,62-63,65-68,79-80,83-93,95-108,119-121H,14-15H2/t38-,39-,46-,62+,63-,65+,66+,67-,68-,79+,80-,82-/m1/s1. The molecule has 0 aromatic heterocycles. The molecule has 7 aliphatic rings. The van der Waals surface area contributed by atoms with E-state index in [1.165, 1.54) is 0 Å². The number of esters is 10. The number of fused-ring (bicyclic) bond motifs is 9. The van der Waals surface area contributed by atoms with E-state index < -0.39 is 402 Å². The van der Waals surface area contributed by atoms with Gasteiger partial charge in [0.25, 0.3) is 5.79 Å². The van der Waals surface area contributed by atoms with Crippen molar-refractivity contribution < 1.29 is 262 Å². The minimum absolute atomic E-state index is 0.0386. The van der Waals surface area contributed by atoms with Crippen LogP contribution in [0.4, 0.5) is 0 Å². The second-order valence-electron chi connectivity index (χ2n) is 29.9. The summed E-state index contributed by atoms with van der Waals surface area (Å²) in [6.45, 7) is -3.32. The first-order valence-electron chi connectivity index (χ1n) is 37.6. The summed E-state index contributed by atoms with van der Waals surface area (Å²) in [4.78, 5) is 164. The van der Waals surface area contributed by atoms with Crippen LogP contribution in [-0.4, -0.2) is 295 Å². The van der Waals surface area contributed by atoms with Crippen LogP contribution in [0.1, 0.15) is 105 Å². The van der Waals surface area contributed by atoms with Crippen LogP contribution in [0.25, 0.3) is 22.3 Å². The van der Waals surface area contributed by atoms with Gasteiger partial charge in [-0.05, 0) is 66.7 Å². The smallest absolute Gasteiger partial charge is 0.342 e. The van der Waals surface area contributed by atoms with Crippen LogP contribution in [-0.2, 0) is 66.4 Å². The maximum absolute atomic E-state index is 15.7. The predicted octanol–water partition coefficient (Wildman–Crippen LogP) is 0.965. The molecule has 53 heteroatoms. The first-order valence-corrected chi connectivity index (χ1v) is 37.6. The average Bonchev–Trinajstić information content (AvgIpc) is 1.19. The number of phenols is 25. The van der Waals surface area contributed by atoms with E-state index in [2.05, 4.69) is 0 Å². The molecule has 53 nitrogen and oxygen atoms in total. The van der Waals surface area contributed by atoms with Crippen molar-refractivity contribution in [2.24, 2.45) is 0 Å². The number of carbonyl (C=O) groups is 11. The molecule has 0 saturated carbocycles. The predicted molar refractivity (Wildman–Crippen MR) is 411 cm³/mol. The number of carbonyl (C=O) groups excluding carboxylic acids is 11. The zero-order chi connectivity index (χ0) is 98.0. The molecule has 28 N–H and O–H groups in total. The van der Waals surface area contributed by atoms with Crippen molar-refractivity contribution in [3.63, 3.8) is 0 Å². The van der Waals surface area contributed by atoms with Crippen molar-refractivity contribution in [3.8, 4) is 183 Å². The number of phenolic OH excluding ortho intramolecular Hbond substituents is 25. The van der Waals surface area contributed by atoms with Crippen molar-refractivity contribution in [1.82, 2.24) is 0 Å². The summed E-state index contributed by atoms with van der Waals surface area (Å²) in [6.07, 6.45) is -28.7. The van der Waals surface area contributed by atoms with Crippen LogP contribution < -0.4 is 9.47 Å². The maximum Gasteiger partial charge on any atom is 0.342 e. The van der Waals surface area contributed by atoms with Gasteiger partial charge in [-0.1, -0.05) is 0 Å². The van der Waals surface area contributed by atoms with E-state index in [1.54, 1.807) is 0 Å². The van der Waals surface area contributed by atoms with Gasteiger partial charge >= 0.3 is 65.5 Å². The van der Waals surface area contributed by atoms with Crippen molar-refractivity contribution in [3.05, 3.63) is 140 Å². The first-order chi connectivity index (χ1) is 63.4. The monoisotopic (exact) mass is 1890 g/mol. The highest BCUT2D eigenvalue weighted by atomic mass is 16.8. The Balaban J connectivity index is 0.846. The first kappa shape index (κ1) is 89.9. The lowest BCUT2D eigenvalue weighted by molar-refractivity contribution is -0.339. The molecular weight excluding hydrogens is 1830 g/mol. The summed E-state index contributed by atoms with van der Waals surface area (Å²) in [7, 11) is 0. The summed E-state index contributed by atoms with van der Waals surface area (Å²) in [5.41, 5.74) is -20.1. The maximum atomic E-state index is 15.7. The fraction of sp³-hybridized carbons (Fsp3) is 0.183. The molecule has 2 saturated heterocycles. The zero-order valence-electron chi connectivity index (χ0n) is 66.0. The second-order valence-corrected chi connectivity index (χ2v) is 29.9. The minimum Gasteiger partial charge on any atom is -0.504 e. The van der Waals surface area contributed by atoms with Crippen LogP contribution in [0.2, 0.25) is 0 Å². The van der Waals surface area contributed by atoms with Crippen molar-refractivity contribution in [1.29, 1.82) is 0 Å². The van der Waals surface area contributed by atoms with Gasteiger partial charge in [0.1, 0.15) is 31.0 Å². The van der Waals surface area contributed by atoms with E-state index in [9.17, 15) is 167 Å². The Labute approximate surface area is 740 Å². The van der Waals surface area contributed by atoms with E-state index in [-0.39, 0.29) is 36.4 Å². The Kier molecular flexibility index (Phi) is 21.3. The highest BCUT2D eigenvalue weighted by Crippen LogP contribution is 2.62. The molecule has 2 fully saturated rings. The lowest BCUT2D eigenvalue weighted by Gasteiger charge is -2.49. The number of hydrogen-bond donors (Lipinski definition) is 28. The highest BCUT2D eigenvalue weighted by molar-refractivity contribution is 6.12. The molecule has 12 atom stereocenters. The molecule has 9 aromatic carbocycles. The largest absolute Gasteiger partial charge is 0.504 e. The van der Waals surface area contributed by atoms with Gasteiger partial charge in [-0.2, -0.15) is 0 Å². The third-order valence-corrected chi connectivity index (χ3v) is 21.9. The molecular formula is C82H56O53. The number of cyclic esters (lactones) is 2. The fourth-order valence-corrected chi connectivity index (χ4v) is 15.4. The second kappa shape index (κ2) is 32.0. The van der Waals surface area contributed by atoms with Gasteiger partial charge < -0.3 is 209 Å². The molecule has 9 aromatic rings. The van der Waals surface area contributed by atoms with Gasteiger partial charge in [-0.15, -0.1) is 0 Å². The number of ether oxygens (including phenoxy) is 14. The normalized spacial score (nSPS) is 22.5. The Morgan fingerprint density at radius 3 is 1.18 bits per heavy atom. The number of rotatable bonds is 10. The van der Waals surface area contributed by atoms with Gasteiger partial charge in [-0.3, -0.25) is 4.79 Å². The Morgan fingerprint density at radius 1 is 0.326 bits per heavy atom. The molecule has 6 heterocycles. The molecule has 1 aliphatic carbocycles. The molecule has 6 aliphatic heterocycles. The Hall–Kier alpha value is -18.5. The number of aliphatic hydroxyl groups is 3. The van der Waals surface area contributed by atoms with Crippen molar-refractivity contribution in [2.45, 2.75) is 78.9 Å². The van der Waals surface area contributed by atoms with E-state index in [4.69, 9.17) is 66.3 Å². The molecule has 0 spiro atoms. The number of benzene rings is 9. The molecule has 135 heavy (non-hydrogen) atoms. The summed E-state index contributed by atoms with van der Waals surface area (Å²) in [6, 6.07) is 3.43. The molecule has 0 amide bonds. The van der Waals surface area contributed by atoms with Crippen LogP contribution in [0.15, 0.2) is 84.4 Å². The molecule has 0 radical (unpaired) electrons. The quantitative estimate of drug-likeness (QED) is 0.0392. The van der Waals surface area contributed by atoms with Crippen LogP contribution in [0.5, 0.6) is 161 Å². The highest BCUT2D eigenvalue weighted by Gasteiger charge is 2.71. The van der Waals surface area contributed by atoms with E-state index in [0.29, 0.717) is 42.5 Å². The number of aromatic hydroxyl groups is 25. The Morgan fingerprint density at radius 2 is 0.689 bits per heavy atom. The van der Waals surface area contributed by atoms with E-state index >= 15 is 28.8 Å². The summed E-state index contributed by atoms with van der Waals surface area (Å²) in [5.74, 6) is -77.1. The average molecular weight is 1890 g/mol. The molecule has 0 unspecified atom stereocenters. The van der Waals surface area contributed by atoms with Crippen LogP contribution in [0, 0.1) is 0 Å². The molecule has 702 valence electrons. The van der Waals surface area contributed by atoms with Gasteiger partial charge in [0.05, 0.1) is 56.0 Å². The third kappa shape index (κ3) is 14.4. The van der Waals surface area contributed by atoms with Crippen molar-refractivity contribution in [2.75, 3.05) is 13.2 Å². The molecule has 16 rings (SSSR count). The van der Waals surface area contributed by atoms with Crippen molar-refractivity contribution >= 4 is 65.5 Å². The zero-order valence-corrected chi connectivity index (χ0v) is 66.0. The van der Waals surface area contributed by atoms with Gasteiger partial charge in [-0.25, -0.2) is 47.9 Å². The third-order valence-electron chi connectivity index (χ3n) is 21.9. The van der Waals surface area contributed by atoms with Gasteiger partial charge in [0, 0.05) is 39.9 Å². The summed E-state index contributed by atoms with van der Waals surface area (Å²) in [5, 5.41) is 312. The Bertz CT molecular complexity index is 6790. The van der Waals surface area contributed by atoms with Crippen LogP contribution >= 0.6 is 0 Å². The van der Waals surface area contributed by atoms with E-state index in [0.717, 1.165) is 0 Å². The minimum atomic E-state index is -4.21. The number of ketones is 1. The summed E-state index contributed by atoms with van der Waals surface area (Å²) < 4.78 is 80.0. The molecule has 8 bridgehead atoms. The summed E-state index contributed by atoms with van der Waals surface area (Å²) >= 11 is 0. The van der Waals surface area contributed by atoms with Crippen LogP contribution in [0.3, 0.4) is 0 Å². The topological polar surface area (TPSA) is 883 Å². The van der Waals surface area contributed by atoms with Gasteiger partial charge in [0.2, 0.25) is 70.8 Å². The fourth-order valence-electron chi connectivity index (χ4n) is 15.4. The SMILES string of the molecule is O=C1O[C@H]2[C@@H]3OC(=O)c4cc(O)c(O)c(O)c4-c4c(cc(Oc5c(C(=O)O[C@H]6[C@@H](OC(=O)c7cc(O)c(O)c(O)c7)O[C@@H]7COC(=O)c8cc(O)c(O)c(O)c8-c8c(cc(O)c(O)c8O)C(=O)O[C@H]6[C@H]7OC(=O)c6cc(O)c(O)c(O)c6)cc(O)c(O)c5O)c(O)c4O)C(=O)OC[C@H]2O[C@@H](OC(=O)c2cc(O)c(O)c(O)c2)[C@@H]3OC(=O)c2cc(O)c(O)c3c2[C@H]2C1=CC(=O)[C@@](O)(O3)C2(O)O. The van der Waals surface area contributed by atoms with E-state index in [1.807, 2.05) is 0 Å². The lowest BCUT2D eigenvalue weighted by Crippen LogP contribution is -2.70. The number of hydrogen-bond acceptors (Lipinski definition) is 53. The van der Waals surface area contributed by atoms with Gasteiger partial charge in [0.15, 0.2) is 145 Å².